The van der Waals surface area contributed by atoms with Crippen LogP contribution < -0.4 is 15.4 Å². The Morgan fingerprint density at radius 1 is 1.25 bits per heavy atom. The highest BCUT2D eigenvalue weighted by Gasteiger charge is 2.17. The molecule has 2 N–H and O–H groups in total. The first-order chi connectivity index (χ1) is 9.86. The summed E-state index contributed by atoms with van der Waals surface area (Å²) in [4.78, 5) is 8.87. The van der Waals surface area contributed by atoms with Crippen molar-refractivity contribution in [2.75, 3.05) is 19.0 Å². The van der Waals surface area contributed by atoms with Gasteiger partial charge in [0.25, 0.3) is 0 Å². The monoisotopic (exact) mass is 270 g/mol. The third-order valence-corrected chi connectivity index (χ3v) is 3.40. The lowest BCUT2D eigenvalue weighted by Crippen LogP contribution is -2.26. The van der Waals surface area contributed by atoms with Crippen LogP contribution in [0.4, 0.5) is 5.82 Å². The maximum absolute atomic E-state index is 5.19. The van der Waals surface area contributed by atoms with E-state index in [1.807, 2.05) is 18.2 Å². The minimum absolute atomic E-state index is 0.432. The molecular formula is C15H18N4O. The highest BCUT2D eigenvalue weighted by Crippen LogP contribution is 2.23. The van der Waals surface area contributed by atoms with Crippen LogP contribution >= 0.6 is 0 Å². The summed E-state index contributed by atoms with van der Waals surface area (Å²) in [6.45, 7) is 2.50. The topological polar surface area (TPSA) is 59.1 Å². The van der Waals surface area contributed by atoms with E-state index in [1.165, 1.54) is 5.56 Å². The van der Waals surface area contributed by atoms with Gasteiger partial charge >= 0.3 is 6.01 Å². The van der Waals surface area contributed by atoms with E-state index >= 15 is 0 Å². The van der Waals surface area contributed by atoms with Gasteiger partial charge in [-0.1, -0.05) is 30.3 Å². The molecule has 0 radical (unpaired) electrons. The van der Waals surface area contributed by atoms with Gasteiger partial charge in [0.1, 0.15) is 5.82 Å². The SMILES string of the molecule is COc1nc2c(c(NCc3ccccc3)n1)CNCC2. The van der Waals surface area contributed by atoms with E-state index in [9.17, 15) is 0 Å². The Kier molecular flexibility index (Phi) is 3.78. The van der Waals surface area contributed by atoms with Crippen molar-refractivity contribution in [1.29, 1.82) is 0 Å². The fourth-order valence-electron chi connectivity index (χ4n) is 2.34. The normalized spacial score (nSPS) is 13.7. The third-order valence-electron chi connectivity index (χ3n) is 3.40. The van der Waals surface area contributed by atoms with Crippen LogP contribution in [-0.2, 0) is 19.5 Å². The molecule has 1 aliphatic heterocycles. The van der Waals surface area contributed by atoms with Crippen molar-refractivity contribution in [3.8, 4) is 6.01 Å². The zero-order chi connectivity index (χ0) is 13.8. The Morgan fingerprint density at radius 2 is 2.10 bits per heavy atom. The van der Waals surface area contributed by atoms with Crippen LogP contribution in [0.3, 0.4) is 0 Å². The van der Waals surface area contributed by atoms with Gasteiger partial charge in [-0.05, 0) is 5.56 Å². The second kappa shape index (κ2) is 5.88. The van der Waals surface area contributed by atoms with Gasteiger partial charge in [-0.3, -0.25) is 0 Å². The molecule has 1 aromatic heterocycles. The molecule has 0 aliphatic carbocycles. The zero-order valence-electron chi connectivity index (χ0n) is 11.5. The van der Waals surface area contributed by atoms with Crippen molar-refractivity contribution in [3.05, 3.63) is 47.2 Å². The average Bonchev–Trinajstić information content (AvgIpc) is 2.53. The van der Waals surface area contributed by atoms with Crippen LogP contribution in [0.2, 0.25) is 0 Å². The van der Waals surface area contributed by atoms with E-state index < -0.39 is 0 Å². The number of hydrogen-bond donors (Lipinski definition) is 2. The Bertz CT molecular complexity index is 586. The van der Waals surface area contributed by atoms with Crippen molar-refractivity contribution in [2.45, 2.75) is 19.5 Å². The van der Waals surface area contributed by atoms with Gasteiger partial charge < -0.3 is 15.4 Å². The number of hydrogen-bond acceptors (Lipinski definition) is 5. The van der Waals surface area contributed by atoms with Gasteiger partial charge in [0, 0.05) is 31.6 Å². The van der Waals surface area contributed by atoms with Crippen molar-refractivity contribution in [2.24, 2.45) is 0 Å². The molecule has 5 heteroatoms. The summed E-state index contributed by atoms with van der Waals surface area (Å²) in [6, 6.07) is 10.7. The summed E-state index contributed by atoms with van der Waals surface area (Å²) in [6.07, 6.45) is 0.911. The van der Waals surface area contributed by atoms with Gasteiger partial charge in [0.2, 0.25) is 0 Å². The molecule has 1 aliphatic rings. The van der Waals surface area contributed by atoms with E-state index in [0.717, 1.165) is 43.1 Å². The van der Waals surface area contributed by atoms with Crippen molar-refractivity contribution >= 4 is 5.82 Å². The second-order valence-electron chi connectivity index (χ2n) is 4.75. The first-order valence-corrected chi connectivity index (χ1v) is 6.79. The molecule has 104 valence electrons. The molecule has 0 bridgehead atoms. The lowest BCUT2D eigenvalue weighted by Gasteiger charge is -2.20. The fourth-order valence-corrected chi connectivity index (χ4v) is 2.34. The van der Waals surface area contributed by atoms with E-state index in [1.54, 1.807) is 7.11 Å². The molecule has 20 heavy (non-hydrogen) atoms. The molecule has 0 saturated heterocycles. The highest BCUT2D eigenvalue weighted by molar-refractivity contribution is 5.49. The van der Waals surface area contributed by atoms with Crippen LogP contribution in [-0.4, -0.2) is 23.6 Å². The molecule has 0 fully saturated rings. The van der Waals surface area contributed by atoms with Crippen LogP contribution in [0.15, 0.2) is 30.3 Å². The molecular weight excluding hydrogens is 252 g/mol. The Balaban J connectivity index is 1.84. The first kappa shape index (κ1) is 12.9. The maximum atomic E-state index is 5.19. The Hall–Kier alpha value is -2.14. The number of nitrogens with zero attached hydrogens (tertiary/aromatic N) is 2. The fraction of sp³-hybridized carbons (Fsp3) is 0.333. The second-order valence-corrected chi connectivity index (χ2v) is 4.75. The molecule has 0 spiro atoms. The Labute approximate surface area is 118 Å². The molecule has 0 unspecified atom stereocenters. The van der Waals surface area contributed by atoms with Crippen molar-refractivity contribution in [1.82, 2.24) is 15.3 Å². The van der Waals surface area contributed by atoms with Gasteiger partial charge in [-0.25, -0.2) is 0 Å². The molecule has 1 aromatic carbocycles. The van der Waals surface area contributed by atoms with Gasteiger partial charge in [0.15, 0.2) is 0 Å². The third kappa shape index (κ3) is 2.72. The number of fused-ring (bicyclic) bond motifs is 1. The first-order valence-electron chi connectivity index (χ1n) is 6.79. The molecule has 2 heterocycles. The van der Waals surface area contributed by atoms with Crippen LogP contribution in [0.25, 0.3) is 0 Å². The number of anilines is 1. The van der Waals surface area contributed by atoms with Crippen LogP contribution in [0.5, 0.6) is 6.01 Å². The maximum Gasteiger partial charge on any atom is 0.318 e. The molecule has 2 aromatic rings. The van der Waals surface area contributed by atoms with Crippen LogP contribution in [0.1, 0.15) is 16.8 Å². The lowest BCUT2D eigenvalue weighted by molar-refractivity contribution is 0.376. The predicted molar refractivity (Wildman–Crippen MR) is 77.8 cm³/mol. The number of methoxy groups -OCH3 is 1. The van der Waals surface area contributed by atoms with E-state index in [-0.39, 0.29) is 0 Å². The Morgan fingerprint density at radius 3 is 2.90 bits per heavy atom. The quantitative estimate of drug-likeness (QED) is 0.886. The summed E-state index contributed by atoms with van der Waals surface area (Å²) in [7, 11) is 1.60. The van der Waals surface area contributed by atoms with E-state index in [0.29, 0.717) is 6.01 Å². The smallest absolute Gasteiger partial charge is 0.318 e. The van der Waals surface area contributed by atoms with Gasteiger partial charge in [-0.2, -0.15) is 9.97 Å². The summed E-state index contributed by atoms with van der Waals surface area (Å²) in [5, 5.41) is 6.75. The number of aromatic nitrogens is 2. The largest absolute Gasteiger partial charge is 0.467 e. The minimum Gasteiger partial charge on any atom is -0.467 e. The predicted octanol–water partition coefficient (Wildman–Crippen LogP) is 1.74. The highest BCUT2D eigenvalue weighted by atomic mass is 16.5. The minimum atomic E-state index is 0.432. The molecule has 3 rings (SSSR count). The average molecular weight is 270 g/mol. The number of ether oxygens (including phenoxy) is 1. The summed E-state index contributed by atoms with van der Waals surface area (Å²) >= 11 is 0. The number of nitrogens with one attached hydrogen (secondary N) is 2. The lowest BCUT2D eigenvalue weighted by atomic mass is 10.1. The summed E-state index contributed by atoms with van der Waals surface area (Å²) < 4.78 is 5.19. The summed E-state index contributed by atoms with van der Waals surface area (Å²) in [5.41, 5.74) is 3.45. The van der Waals surface area contributed by atoms with E-state index in [4.69, 9.17) is 4.74 Å². The van der Waals surface area contributed by atoms with Gasteiger partial charge in [0.05, 0.1) is 12.8 Å². The van der Waals surface area contributed by atoms with Gasteiger partial charge in [-0.15, -0.1) is 0 Å². The molecule has 5 nitrogen and oxygen atoms in total. The molecule has 0 atom stereocenters. The van der Waals surface area contributed by atoms with Crippen molar-refractivity contribution in [3.63, 3.8) is 0 Å². The standard InChI is InChI=1S/C15H18N4O/c1-20-15-18-13-7-8-16-10-12(13)14(19-15)17-9-11-5-3-2-4-6-11/h2-6,16H,7-10H2,1H3,(H,17,18,19). The number of benzene rings is 1. The van der Waals surface area contributed by atoms with Crippen molar-refractivity contribution < 1.29 is 4.74 Å². The molecule has 0 saturated carbocycles. The van der Waals surface area contributed by atoms with Crippen LogP contribution in [0, 0.1) is 0 Å². The number of rotatable bonds is 4. The zero-order valence-corrected chi connectivity index (χ0v) is 11.5. The summed E-state index contributed by atoms with van der Waals surface area (Å²) in [5.74, 6) is 0.864. The van der Waals surface area contributed by atoms with E-state index in [2.05, 4.69) is 32.7 Å². The molecule has 0 amide bonds.